The van der Waals surface area contributed by atoms with Crippen molar-refractivity contribution in [3.05, 3.63) is 59.7 Å². The maximum atomic E-state index is 4.79. The Labute approximate surface area is 162 Å². The van der Waals surface area contributed by atoms with Gasteiger partial charge in [0, 0.05) is 16.2 Å². The zero-order chi connectivity index (χ0) is 19.4. The molecule has 0 bridgehead atoms. The van der Waals surface area contributed by atoms with Crippen molar-refractivity contribution in [2.24, 2.45) is 5.41 Å². The lowest BCUT2D eigenvalue weighted by atomic mass is 9.70. The minimum Gasteiger partial charge on any atom is -0.149 e. The molecule has 0 fully saturated rings. The third-order valence-corrected chi connectivity index (χ3v) is 5.71. The Morgan fingerprint density at radius 2 is 1.52 bits per heavy atom. The first-order valence-electron chi connectivity index (χ1n) is 9.86. The van der Waals surface area contributed by atoms with Crippen molar-refractivity contribution in [1.82, 2.24) is 10.3 Å². The Morgan fingerprint density at radius 3 is 2.19 bits per heavy atom. The Kier molecular flexibility index (Phi) is 4.03. The molecule has 1 N–H and O–H groups in total. The number of rotatable bonds is 0. The molecule has 3 nitrogen and oxygen atoms in total. The molecule has 27 heavy (non-hydrogen) atoms. The van der Waals surface area contributed by atoms with Crippen LogP contribution in [-0.2, 0) is 12.0 Å². The number of benzene rings is 2. The molecule has 1 aliphatic rings. The molecular formula is C24H30N3+. The van der Waals surface area contributed by atoms with Gasteiger partial charge in [-0.15, -0.1) is 4.68 Å². The van der Waals surface area contributed by atoms with Crippen LogP contribution in [0.15, 0.2) is 48.5 Å². The molecule has 4 rings (SSSR count). The van der Waals surface area contributed by atoms with Gasteiger partial charge in [0.05, 0.1) is 0 Å². The van der Waals surface area contributed by atoms with E-state index in [1.165, 1.54) is 27.9 Å². The number of fused-ring (bicyclic) bond motifs is 5. The number of aromatic nitrogens is 3. The van der Waals surface area contributed by atoms with E-state index >= 15 is 0 Å². The Morgan fingerprint density at radius 1 is 0.889 bits per heavy atom. The zero-order valence-electron chi connectivity index (χ0n) is 17.3. The normalized spacial score (nSPS) is 16.7. The Bertz CT molecular complexity index is 983. The summed E-state index contributed by atoms with van der Waals surface area (Å²) >= 11 is 0. The van der Waals surface area contributed by atoms with E-state index in [0.717, 1.165) is 12.1 Å². The number of nitrogens with one attached hydrogen (secondary N) is 1. The highest BCUT2D eigenvalue weighted by Crippen LogP contribution is 2.46. The highest BCUT2D eigenvalue weighted by atomic mass is 15.5. The molecule has 1 aliphatic carbocycles. The summed E-state index contributed by atoms with van der Waals surface area (Å²) < 4.78 is 2.23. The molecule has 1 heterocycles. The predicted octanol–water partition coefficient (Wildman–Crippen LogP) is 5.47. The van der Waals surface area contributed by atoms with Gasteiger partial charge in [-0.3, -0.25) is 0 Å². The van der Waals surface area contributed by atoms with E-state index in [2.05, 4.69) is 100.0 Å². The zero-order valence-corrected chi connectivity index (χ0v) is 17.3. The smallest absolute Gasteiger partial charge is 0.149 e. The lowest BCUT2D eigenvalue weighted by molar-refractivity contribution is -0.796. The van der Waals surface area contributed by atoms with E-state index in [4.69, 9.17) is 5.10 Å². The van der Waals surface area contributed by atoms with Gasteiger partial charge < -0.3 is 0 Å². The van der Waals surface area contributed by atoms with Crippen LogP contribution < -0.4 is 4.68 Å². The van der Waals surface area contributed by atoms with Crippen LogP contribution in [0, 0.1) is 5.41 Å². The van der Waals surface area contributed by atoms with Crippen molar-refractivity contribution in [3.8, 4) is 22.5 Å². The monoisotopic (exact) mass is 360 g/mol. The number of aromatic amines is 1. The molecule has 0 aliphatic heterocycles. The van der Waals surface area contributed by atoms with Crippen molar-refractivity contribution in [3.63, 3.8) is 0 Å². The molecule has 0 amide bonds. The highest BCUT2D eigenvalue weighted by Gasteiger charge is 2.38. The number of nitrogens with zero attached hydrogens (tertiary/aromatic N) is 2. The van der Waals surface area contributed by atoms with E-state index in [1.54, 1.807) is 0 Å². The molecule has 1 unspecified atom stereocenters. The quantitative estimate of drug-likeness (QED) is 0.530. The Balaban J connectivity index is 2.12. The largest absolute Gasteiger partial charge is 0.256 e. The first-order chi connectivity index (χ1) is 12.7. The van der Waals surface area contributed by atoms with E-state index in [9.17, 15) is 0 Å². The van der Waals surface area contributed by atoms with Crippen LogP contribution in [-0.4, -0.2) is 10.3 Å². The van der Waals surface area contributed by atoms with Crippen molar-refractivity contribution >= 4 is 0 Å². The summed E-state index contributed by atoms with van der Waals surface area (Å²) in [5, 5.41) is 8.10. The second-order valence-electron chi connectivity index (χ2n) is 9.78. The number of H-pyrrole nitrogens is 1. The topological polar surface area (TPSA) is 32.6 Å². The number of hydrogen-bond donors (Lipinski definition) is 1. The van der Waals surface area contributed by atoms with Gasteiger partial charge >= 0.3 is 0 Å². The SMILES string of the molecule is CC(C)(C)C1Cc2ccccc2-c2n[nH][n+](C(C)(C)C)c2-c2ccccc21. The summed E-state index contributed by atoms with van der Waals surface area (Å²) in [5.74, 6) is 0.436. The molecule has 0 saturated heterocycles. The van der Waals surface area contributed by atoms with Gasteiger partial charge in [-0.25, -0.2) is 0 Å². The van der Waals surface area contributed by atoms with E-state index in [-0.39, 0.29) is 11.0 Å². The maximum absolute atomic E-state index is 4.79. The van der Waals surface area contributed by atoms with E-state index in [1.807, 2.05) is 0 Å². The fourth-order valence-corrected chi connectivity index (χ4v) is 4.28. The van der Waals surface area contributed by atoms with Gasteiger partial charge in [0.1, 0.15) is 5.54 Å². The van der Waals surface area contributed by atoms with Gasteiger partial charge in [0.15, 0.2) is 0 Å². The molecule has 1 atom stereocenters. The van der Waals surface area contributed by atoms with E-state index < -0.39 is 0 Å². The minimum atomic E-state index is -0.0843. The molecule has 3 heteroatoms. The molecule has 0 radical (unpaired) electrons. The molecule has 1 aromatic heterocycles. The van der Waals surface area contributed by atoms with E-state index in [0.29, 0.717) is 5.92 Å². The molecular weight excluding hydrogens is 330 g/mol. The van der Waals surface area contributed by atoms with Crippen LogP contribution in [0.2, 0.25) is 0 Å². The fraction of sp³-hybridized carbons (Fsp3) is 0.417. The summed E-state index contributed by atoms with van der Waals surface area (Å²) in [7, 11) is 0. The third-order valence-electron chi connectivity index (χ3n) is 5.71. The Hall–Kier alpha value is -2.42. The lowest BCUT2D eigenvalue weighted by Crippen LogP contribution is -2.53. The summed E-state index contributed by atoms with van der Waals surface area (Å²) in [6, 6.07) is 17.6. The summed E-state index contributed by atoms with van der Waals surface area (Å²) in [6.45, 7) is 13.7. The molecule has 0 spiro atoms. The van der Waals surface area contributed by atoms with Gasteiger partial charge in [0.2, 0.25) is 5.69 Å². The van der Waals surface area contributed by atoms with Crippen molar-refractivity contribution < 1.29 is 4.68 Å². The second kappa shape index (κ2) is 6.05. The number of hydrogen-bond acceptors (Lipinski definition) is 1. The van der Waals surface area contributed by atoms with Crippen LogP contribution in [0.4, 0.5) is 0 Å². The van der Waals surface area contributed by atoms with Crippen LogP contribution in [0.25, 0.3) is 22.5 Å². The standard InChI is InChI=1S/C24H29N3/c1-23(2,3)20-15-16-11-7-8-12-17(16)21-22(19-14-10-9-13-18(19)20)27(26-25-21)24(4,5)6/h7-14,20H,15H2,1-6H3/p+1. The first-order valence-corrected chi connectivity index (χ1v) is 9.86. The van der Waals surface area contributed by atoms with Gasteiger partial charge in [-0.2, -0.15) is 0 Å². The van der Waals surface area contributed by atoms with Crippen LogP contribution >= 0.6 is 0 Å². The van der Waals surface area contributed by atoms with Crippen molar-refractivity contribution in [2.45, 2.75) is 59.4 Å². The molecule has 140 valence electrons. The van der Waals surface area contributed by atoms with Gasteiger partial charge in [0.25, 0.3) is 5.69 Å². The average Bonchev–Trinajstić information content (AvgIpc) is 3.02. The third kappa shape index (κ3) is 2.99. The molecule has 2 aromatic carbocycles. The average molecular weight is 361 g/mol. The van der Waals surface area contributed by atoms with Gasteiger partial charge in [-0.1, -0.05) is 74.5 Å². The second-order valence-corrected chi connectivity index (χ2v) is 9.78. The predicted molar refractivity (Wildman–Crippen MR) is 111 cm³/mol. The van der Waals surface area contributed by atoms with Crippen LogP contribution in [0.3, 0.4) is 0 Å². The highest BCUT2D eigenvalue weighted by molar-refractivity contribution is 5.80. The van der Waals surface area contributed by atoms with Crippen molar-refractivity contribution in [2.75, 3.05) is 0 Å². The molecule has 0 saturated carbocycles. The summed E-state index contributed by atoms with van der Waals surface area (Å²) in [5.41, 5.74) is 7.66. The first kappa shape index (κ1) is 18.0. The maximum Gasteiger partial charge on any atom is 0.256 e. The lowest BCUT2D eigenvalue weighted by Gasteiger charge is -2.34. The fourth-order valence-electron chi connectivity index (χ4n) is 4.28. The summed E-state index contributed by atoms with van der Waals surface area (Å²) in [4.78, 5) is 0. The van der Waals surface area contributed by atoms with Crippen LogP contribution in [0.5, 0.6) is 0 Å². The molecule has 3 aromatic rings. The van der Waals surface area contributed by atoms with Crippen molar-refractivity contribution in [1.29, 1.82) is 0 Å². The summed E-state index contributed by atoms with van der Waals surface area (Å²) in [6.07, 6.45) is 1.03. The van der Waals surface area contributed by atoms with Crippen LogP contribution in [0.1, 0.15) is 58.6 Å². The minimum absolute atomic E-state index is 0.0843. The van der Waals surface area contributed by atoms with Gasteiger partial charge in [-0.05, 0) is 49.7 Å².